The van der Waals surface area contributed by atoms with Gasteiger partial charge in [0.1, 0.15) is 0 Å². The lowest BCUT2D eigenvalue weighted by Gasteiger charge is -2.34. The van der Waals surface area contributed by atoms with Crippen LogP contribution in [0.1, 0.15) is 23.6 Å². The SMILES string of the molecule is COc1ccc2c(c1OC)CCC2NCCN1CCN(c2ncccn2)CC1. The number of nitrogens with zero attached hydrogens (tertiary/aromatic N) is 4. The van der Waals surface area contributed by atoms with Gasteiger partial charge in [0, 0.05) is 63.3 Å². The molecule has 1 N–H and O–H groups in total. The molecule has 1 saturated heterocycles. The van der Waals surface area contributed by atoms with Gasteiger partial charge in [-0.1, -0.05) is 6.07 Å². The van der Waals surface area contributed by atoms with Crippen molar-refractivity contribution in [3.8, 4) is 11.5 Å². The lowest BCUT2D eigenvalue weighted by molar-refractivity contribution is 0.252. The van der Waals surface area contributed by atoms with E-state index >= 15 is 0 Å². The van der Waals surface area contributed by atoms with Crippen molar-refractivity contribution < 1.29 is 9.47 Å². The number of anilines is 1. The van der Waals surface area contributed by atoms with Crippen LogP contribution in [0.2, 0.25) is 0 Å². The molecule has 0 radical (unpaired) electrons. The summed E-state index contributed by atoms with van der Waals surface area (Å²) in [5.41, 5.74) is 2.64. The first kappa shape index (κ1) is 19.0. The second-order valence-electron chi connectivity index (χ2n) is 7.29. The molecule has 2 aromatic rings. The zero-order chi connectivity index (χ0) is 19.3. The highest BCUT2D eigenvalue weighted by Gasteiger charge is 2.27. The largest absolute Gasteiger partial charge is 0.493 e. The van der Waals surface area contributed by atoms with Gasteiger partial charge in [-0.15, -0.1) is 0 Å². The van der Waals surface area contributed by atoms with E-state index in [1.165, 1.54) is 11.1 Å². The number of nitrogens with one attached hydrogen (secondary N) is 1. The van der Waals surface area contributed by atoms with Crippen LogP contribution in [0.25, 0.3) is 0 Å². The number of hydrogen-bond donors (Lipinski definition) is 1. The van der Waals surface area contributed by atoms with Crippen molar-refractivity contribution >= 4 is 5.95 Å². The van der Waals surface area contributed by atoms with Crippen LogP contribution in [0, 0.1) is 0 Å². The fourth-order valence-electron chi connectivity index (χ4n) is 4.27. The van der Waals surface area contributed by atoms with Crippen molar-refractivity contribution in [2.45, 2.75) is 18.9 Å². The Kier molecular flexibility index (Phi) is 5.92. The van der Waals surface area contributed by atoms with E-state index in [1.54, 1.807) is 14.2 Å². The smallest absolute Gasteiger partial charge is 0.225 e. The zero-order valence-corrected chi connectivity index (χ0v) is 16.7. The summed E-state index contributed by atoms with van der Waals surface area (Å²) in [6, 6.07) is 6.45. The summed E-state index contributed by atoms with van der Waals surface area (Å²) in [6.45, 7) is 6.10. The van der Waals surface area contributed by atoms with Gasteiger partial charge in [0.05, 0.1) is 14.2 Å². The number of rotatable bonds is 7. The van der Waals surface area contributed by atoms with E-state index in [0.717, 1.165) is 69.6 Å². The molecule has 7 heteroatoms. The summed E-state index contributed by atoms with van der Waals surface area (Å²) in [7, 11) is 3.41. The molecule has 7 nitrogen and oxygen atoms in total. The third-order valence-electron chi connectivity index (χ3n) is 5.77. The Morgan fingerprint density at radius 1 is 1.07 bits per heavy atom. The monoisotopic (exact) mass is 383 g/mol. The summed E-state index contributed by atoms with van der Waals surface area (Å²) in [6.07, 6.45) is 5.76. The van der Waals surface area contributed by atoms with Gasteiger partial charge in [0.25, 0.3) is 0 Å². The first-order valence-electron chi connectivity index (χ1n) is 10.0. The van der Waals surface area contributed by atoms with Gasteiger partial charge in [0.15, 0.2) is 11.5 Å². The van der Waals surface area contributed by atoms with Gasteiger partial charge in [0.2, 0.25) is 5.95 Å². The average molecular weight is 383 g/mol. The molecule has 0 bridgehead atoms. The summed E-state index contributed by atoms with van der Waals surface area (Å²) in [4.78, 5) is 13.5. The van der Waals surface area contributed by atoms with Gasteiger partial charge < -0.3 is 19.7 Å². The third-order valence-corrected chi connectivity index (χ3v) is 5.77. The highest BCUT2D eigenvalue weighted by Crippen LogP contribution is 2.42. The topological polar surface area (TPSA) is 62.8 Å². The standard InChI is InChI=1S/C21H29N5O2/c1-27-19-7-5-16-17(20(19)28-2)4-6-18(16)22-10-11-25-12-14-26(15-13-25)21-23-8-3-9-24-21/h3,5,7-9,18,22H,4,6,10-15H2,1-2H3. The molecule has 1 aromatic carbocycles. The van der Waals surface area contributed by atoms with Gasteiger partial charge in [-0.2, -0.15) is 0 Å². The lowest BCUT2D eigenvalue weighted by atomic mass is 10.1. The quantitative estimate of drug-likeness (QED) is 0.783. The minimum atomic E-state index is 0.397. The van der Waals surface area contributed by atoms with Gasteiger partial charge in [-0.25, -0.2) is 9.97 Å². The highest BCUT2D eigenvalue weighted by molar-refractivity contribution is 5.53. The van der Waals surface area contributed by atoms with Crippen LogP contribution in [-0.2, 0) is 6.42 Å². The molecule has 1 unspecified atom stereocenters. The molecule has 2 heterocycles. The van der Waals surface area contributed by atoms with Crippen molar-refractivity contribution in [2.75, 3.05) is 58.4 Å². The Bertz CT molecular complexity index is 778. The second kappa shape index (κ2) is 8.75. The van der Waals surface area contributed by atoms with Crippen LogP contribution in [0.15, 0.2) is 30.6 Å². The van der Waals surface area contributed by atoms with Gasteiger partial charge in [-0.3, -0.25) is 4.90 Å². The Morgan fingerprint density at radius 2 is 1.86 bits per heavy atom. The van der Waals surface area contributed by atoms with Crippen LogP contribution in [0.4, 0.5) is 5.95 Å². The first-order valence-corrected chi connectivity index (χ1v) is 10.0. The normalized spacial score (nSPS) is 19.5. The molecule has 0 amide bonds. The average Bonchev–Trinajstić information content (AvgIpc) is 3.17. The van der Waals surface area contributed by atoms with E-state index in [0.29, 0.717) is 6.04 Å². The first-order chi connectivity index (χ1) is 13.8. The Morgan fingerprint density at radius 3 is 2.57 bits per heavy atom. The summed E-state index contributed by atoms with van der Waals surface area (Å²) < 4.78 is 11.0. The number of ether oxygens (including phenoxy) is 2. The van der Waals surface area contributed by atoms with E-state index in [9.17, 15) is 0 Å². The lowest BCUT2D eigenvalue weighted by Crippen LogP contribution is -2.48. The van der Waals surface area contributed by atoms with Crippen LogP contribution < -0.4 is 19.7 Å². The summed E-state index contributed by atoms with van der Waals surface area (Å²) in [5, 5.41) is 3.74. The number of methoxy groups -OCH3 is 2. The van der Waals surface area contributed by atoms with Crippen molar-refractivity contribution in [2.24, 2.45) is 0 Å². The van der Waals surface area contributed by atoms with E-state index < -0.39 is 0 Å². The fourth-order valence-corrected chi connectivity index (χ4v) is 4.27. The zero-order valence-electron chi connectivity index (χ0n) is 16.7. The van der Waals surface area contributed by atoms with Crippen molar-refractivity contribution in [1.82, 2.24) is 20.2 Å². The molecule has 28 heavy (non-hydrogen) atoms. The molecule has 4 rings (SSSR count). The van der Waals surface area contributed by atoms with Crippen molar-refractivity contribution in [1.29, 1.82) is 0 Å². The van der Waals surface area contributed by atoms with Crippen LogP contribution >= 0.6 is 0 Å². The van der Waals surface area contributed by atoms with Crippen molar-refractivity contribution in [3.63, 3.8) is 0 Å². The molecule has 1 atom stereocenters. The van der Waals surface area contributed by atoms with E-state index in [1.807, 2.05) is 24.5 Å². The number of aromatic nitrogens is 2. The predicted molar refractivity (Wildman–Crippen MR) is 109 cm³/mol. The Hall–Kier alpha value is -2.38. The second-order valence-corrected chi connectivity index (χ2v) is 7.29. The maximum absolute atomic E-state index is 5.60. The molecule has 2 aliphatic rings. The van der Waals surface area contributed by atoms with Gasteiger partial charge in [-0.05, 0) is 30.5 Å². The van der Waals surface area contributed by atoms with Gasteiger partial charge >= 0.3 is 0 Å². The maximum atomic E-state index is 5.60. The van der Waals surface area contributed by atoms with Crippen LogP contribution in [0.5, 0.6) is 11.5 Å². The molecule has 1 aliphatic carbocycles. The van der Waals surface area contributed by atoms with E-state index in [2.05, 4.69) is 31.2 Å². The van der Waals surface area contributed by atoms with Crippen LogP contribution in [0.3, 0.4) is 0 Å². The van der Waals surface area contributed by atoms with Crippen molar-refractivity contribution in [3.05, 3.63) is 41.7 Å². The predicted octanol–water partition coefficient (Wildman–Crippen LogP) is 1.89. The molecular weight excluding hydrogens is 354 g/mol. The molecule has 0 spiro atoms. The number of fused-ring (bicyclic) bond motifs is 1. The fraction of sp³-hybridized carbons (Fsp3) is 0.524. The highest BCUT2D eigenvalue weighted by atomic mass is 16.5. The van der Waals surface area contributed by atoms with E-state index in [-0.39, 0.29) is 0 Å². The maximum Gasteiger partial charge on any atom is 0.225 e. The number of piperazine rings is 1. The van der Waals surface area contributed by atoms with Crippen LogP contribution in [-0.4, -0.2) is 68.4 Å². The minimum absolute atomic E-state index is 0.397. The molecule has 1 aliphatic heterocycles. The molecule has 1 fully saturated rings. The molecule has 0 saturated carbocycles. The summed E-state index contributed by atoms with van der Waals surface area (Å²) >= 11 is 0. The number of hydrogen-bond acceptors (Lipinski definition) is 7. The third kappa shape index (κ3) is 3.91. The molecule has 150 valence electrons. The Balaban J connectivity index is 1.26. The minimum Gasteiger partial charge on any atom is -0.493 e. The Labute approximate surface area is 166 Å². The number of benzene rings is 1. The molecule has 1 aromatic heterocycles. The van der Waals surface area contributed by atoms with E-state index in [4.69, 9.17) is 9.47 Å². The molecular formula is C21H29N5O2. The summed E-state index contributed by atoms with van der Waals surface area (Å²) in [5.74, 6) is 2.55.